The maximum atomic E-state index is 10.0. The van der Waals surface area contributed by atoms with Gasteiger partial charge in [-0.25, -0.2) is 0 Å². The summed E-state index contributed by atoms with van der Waals surface area (Å²) >= 11 is 0. The zero-order chi connectivity index (χ0) is 43.8. The largest absolute Gasteiger partial charge is 3.00 e. The topological polar surface area (TPSA) is 483 Å². The second kappa shape index (κ2) is 89.4. The summed E-state index contributed by atoms with van der Waals surface area (Å²) in [6.45, 7) is 3.39. The Morgan fingerprint density at radius 1 is 0.431 bits per heavy atom. The Balaban J connectivity index is -0.0000000414. The van der Waals surface area contributed by atoms with Crippen molar-refractivity contribution in [2.24, 2.45) is 0 Å². The van der Waals surface area contributed by atoms with Crippen LogP contribution in [-0.2, 0) is 67.1 Å². The van der Waals surface area contributed by atoms with Crippen molar-refractivity contribution >= 4 is 0 Å². The van der Waals surface area contributed by atoms with Gasteiger partial charge in [0, 0.05) is 38.6 Å². The van der Waals surface area contributed by atoms with Crippen LogP contribution < -0.4 is 30.6 Å². The first-order valence-corrected chi connectivity index (χ1v) is 14.0. The average molecular weight is 1020 g/mol. The van der Waals surface area contributed by atoms with Crippen molar-refractivity contribution in [3.63, 3.8) is 0 Å². The number of aromatic nitrogens is 2. The summed E-state index contributed by atoms with van der Waals surface area (Å²) in [6, 6.07) is 14.9. The van der Waals surface area contributed by atoms with Crippen LogP contribution in [0.15, 0.2) is 61.2 Å². The second-order valence-corrected chi connectivity index (χ2v) is 7.30. The molecule has 2 aromatic heterocycles. The van der Waals surface area contributed by atoms with Gasteiger partial charge in [-0.1, -0.05) is 12.1 Å². The molecule has 0 atom stereocenters. The van der Waals surface area contributed by atoms with Gasteiger partial charge in [-0.3, -0.25) is 9.97 Å². The maximum absolute atomic E-state index is 10.0. The monoisotopic (exact) mass is 1020 g/mol. The Morgan fingerprint density at radius 3 is 0.603 bits per heavy atom. The van der Waals surface area contributed by atoms with Gasteiger partial charge in [0.15, 0.2) is 0 Å². The normalized spacial score (nSPS) is 7.31. The Hall–Kier alpha value is -4.21. The van der Waals surface area contributed by atoms with E-state index in [0.717, 1.165) is 0 Å². The first-order valence-electron chi connectivity index (χ1n) is 14.0. The van der Waals surface area contributed by atoms with Gasteiger partial charge >= 0.3 is 67.1 Å². The molecule has 2 rings (SSSR count). The number of nitrogens with zero attached hydrogens (tertiary/aromatic N) is 10. The Kier molecular flexibility index (Phi) is 132. The summed E-state index contributed by atoms with van der Waals surface area (Å²) in [5.74, 6) is 0. The summed E-state index contributed by atoms with van der Waals surface area (Å²) in [5, 5.41) is 134. The molecule has 0 N–H and O–H groups in total. The number of hydrogen-bond donors (Lipinski definition) is 0. The van der Waals surface area contributed by atoms with Crippen LogP contribution in [0.5, 0.6) is 0 Å². The molecule has 0 aliphatic carbocycles. The molecule has 58 heavy (non-hydrogen) atoms. The van der Waals surface area contributed by atoms with Gasteiger partial charge in [0.05, 0.1) is 32.5 Å². The van der Waals surface area contributed by atoms with Crippen LogP contribution in [0.2, 0.25) is 0 Å². The number of pyridine rings is 2. The molecule has 0 aliphatic rings. The van der Waals surface area contributed by atoms with Crippen LogP contribution in [0, 0.1) is 83.9 Å². The molecule has 2 heterocycles. The second-order valence-electron chi connectivity index (χ2n) is 7.30. The number of rotatable bonds is 12. The molecule has 0 aliphatic heterocycles. The van der Waals surface area contributed by atoms with E-state index in [1.54, 1.807) is 46.7 Å². The third kappa shape index (κ3) is 201. The molecule has 0 spiro atoms. The minimum absolute atomic E-state index is 0. The van der Waals surface area contributed by atoms with Crippen LogP contribution in [0.1, 0.15) is 13.8 Å². The SMILES string of the molecule is CC#N.CC#N.O=[N+]([O-])[O-].O=[N+]([O-])[O-].O=[N+]([O-])[O-].O=[N+]([O-])[O-].[Co+2].[Co+3].[Co+3].[Co+3].[O-]CCN(CC[O-])CC[O-].[O-]CCN(CC[O-])CC[O-].c1ccncc1.c1ccncc1. The first kappa shape index (κ1) is 85.8. The van der Waals surface area contributed by atoms with Crippen LogP contribution in [0.3, 0.4) is 0 Å². The van der Waals surface area contributed by atoms with Crippen LogP contribution >= 0.6 is 0 Å². The van der Waals surface area contributed by atoms with Crippen molar-refractivity contribution in [2.75, 3.05) is 78.9 Å². The molecule has 0 aromatic carbocycles. The van der Waals surface area contributed by atoms with E-state index >= 15 is 0 Å². The smallest absolute Gasteiger partial charge is 0.854 e. The fraction of sp³-hybridized carbons (Fsp3) is 0.538. The van der Waals surface area contributed by atoms with Crippen LogP contribution in [0.25, 0.3) is 0 Å². The predicted molar refractivity (Wildman–Crippen MR) is 175 cm³/mol. The average Bonchev–Trinajstić information content (AvgIpc) is 3.08. The summed E-state index contributed by atoms with van der Waals surface area (Å²) in [7, 11) is 0. The standard InChI is InChI=1S/2C6H12NO3.2C5H5N.2C2H3N.4Co.4NO3/c2*8-4-1-7(2-5-9)3-6-10;2*1-2-4-6-5-3-1;2*1-2-3;;;;;4*2-1(3)4/h2*1-6H2;2*1-5H;2*1H3;;;;;;;;/q2*-3;;;;;+2;3*+3;4*-1. The third-order valence-corrected chi connectivity index (χ3v) is 3.58. The van der Waals surface area contributed by atoms with Gasteiger partial charge in [-0.15, -0.1) is 39.6 Å². The minimum atomic E-state index is -1.75. The van der Waals surface area contributed by atoms with E-state index in [0.29, 0.717) is 39.3 Å². The van der Waals surface area contributed by atoms with E-state index in [9.17, 15) is 30.6 Å². The van der Waals surface area contributed by atoms with E-state index in [-0.39, 0.29) is 107 Å². The van der Waals surface area contributed by atoms with Gasteiger partial charge in [0.25, 0.3) is 0 Å². The Labute approximate surface area is 374 Å². The molecule has 337 valence electrons. The van der Waals surface area contributed by atoms with Gasteiger partial charge in [0.1, 0.15) is 0 Å². The van der Waals surface area contributed by atoms with E-state index < -0.39 is 20.3 Å². The van der Waals surface area contributed by atoms with E-state index in [1.165, 1.54) is 13.8 Å². The Morgan fingerprint density at radius 2 is 0.552 bits per heavy atom. The van der Waals surface area contributed by atoms with Crippen molar-refractivity contribution in [3.8, 4) is 12.1 Å². The van der Waals surface area contributed by atoms with E-state index in [4.69, 9.17) is 71.8 Å². The first-order chi connectivity index (χ1) is 25.4. The molecule has 1 radical (unpaired) electrons. The van der Waals surface area contributed by atoms with Gasteiger partial charge in [-0.2, -0.15) is 10.5 Å². The van der Waals surface area contributed by atoms with Gasteiger partial charge < -0.3 is 102 Å². The molecule has 0 saturated heterocycles. The summed E-state index contributed by atoms with van der Waals surface area (Å²) < 4.78 is 0. The zero-order valence-electron chi connectivity index (χ0n) is 30.4. The van der Waals surface area contributed by atoms with Crippen molar-refractivity contribution in [1.29, 1.82) is 10.5 Å². The molecule has 32 heteroatoms. The third-order valence-electron chi connectivity index (χ3n) is 3.58. The van der Waals surface area contributed by atoms with E-state index in [2.05, 4.69) is 9.97 Å². The maximum Gasteiger partial charge on any atom is 3.00 e. The molecule has 0 unspecified atom stereocenters. The number of nitriles is 2. The van der Waals surface area contributed by atoms with E-state index in [1.807, 2.05) is 36.4 Å². The van der Waals surface area contributed by atoms with Gasteiger partial charge in [-0.05, 0) is 63.5 Å². The quantitative estimate of drug-likeness (QED) is 0.142. The van der Waals surface area contributed by atoms with Crippen LogP contribution in [0.4, 0.5) is 0 Å². The fourth-order valence-corrected chi connectivity index (χ4v) is 2.07. The molecular formula is C26H40Co4N10O18+. The molecular weight excluding hydrogens is 976 g/mol. The molecule has 28 nitrogen and oxygen atoms in total. The number of hydrogen-bond acceptors (Lipinski definition) is 24. The molecule has 0 bridgehead atoms. The minimum Gasteiger partial charge on any atom is -0.854 e. The zero-order valence-corrected chi connectivity index (χ0v) is 34.6. The van der Waals surface area contributed by atoms with Gasteiger partial charge in [0.2, 0.25) is 0 Å². The van der Waals surface area contributed by atoms with Crippen molar-refractivity contribution < 1.29 is 118 Å². The van der Waals surface area contributed by atoms with Crippen molar-refractivity contribution in [3.05, 3.63) is 122 Å². The summed E-state index contributed by atoms with van der Waals surface area (Å²) in [4.78, 5) is 43.8. The Bertz CT molecular complexity index is 903. The molecule has 2 aromatic rings. The predicted octanol–water partition coefficient (Wildman–Crippen LogP) is -5.00. The summed E-state index contributed by atoms with van der Waals surface area (Å²) in [6.07, 6.45) is 7.00. The summed E-state index contributed by atoms with van der Waals surface area (Å²) in [5.41, 5.74) is 0. The van der Waals surface area contributed by atoms with Crippen molar-refractivity contribution in [2.45, 2.75) is 13.8 Å². The van der Waals surface area contributed by atoms with Crippen LogP contribution in [-0.4, -0.2) is 119 Å². The van der Waals surface area contributed by atoms with Crippen molar-refractivity contribution in [1.82, 2.24) is 19.8 Å². The fourth-order valence-electron chi connectivity index (χ4n) is 2.07. The molecule has 0 saturated carbocycles. The molecule has 0 amide bonds. The molecule has 0 fully saturated rings.